The van der Waals surface area contributed by atoms with E-state index in [0.29, 0.717) is 25.2 Å². The Hall–Kier alpha value is -0.610. The SMILES string of the molecule is CC1CCC(NC(=O)C2(C)COCC2N)C(C)C1. The number of rotatable bonds is 2. The molecule has 1 heterocycles. The Morgan fingerprint density at radius 2 is 2.11 bits per heavy atom. The molecule has 5 atom stereocenters. The topological polar surface area (TPSA) is 64.3 Å². The van der Waals surface area contributed by atoms with Crippen molar-refractivity contribution >= 4 is 5.91 Å². The first-order valence-electron chi connectivity index (χ1n) is 7.07. The second-order valence-electron chi connectivity index (χ2n) is 6.51. The molecule has 1 saturated heterocycles. The van der Waals surface area contributed by atoms with Gasteiger partial charge in [0.2, 0.25) is 5.91 Å². The van der Waals surface area contributed by atoms with Crippen molar-refractivity contribution in [2.45, 2.75) is 52.1 Å². The van der Waals surface area contributed by atoms with Crippen LogP contribution in [0.3, 0.4) is 0 Å². The fourth-order valence-electron chi connectivity index (χ4n) is 3.14. The summed E-state index contributed by atoms with van der Waals surface area (Å²) in [6.45, 7) is 7.36. The Kier molecular flexibility index (Phi) is 3.97. The summed E-state index contributed by atoms with van der Waals surface area (Å²) in [5.41, 5.74) is 5.44. The van der Waals surface area contributed by atoms with Crippen LogP contribution in [-0.2, 0) is 9.53 Å². The van der Waals surface area contributed by atoms with Gasteiger partial charge in [-0.1, -0.05) is 13.8 Å². The molecule has 0 aromatic heterocycles. The summed E-state index contributed by atoms with van der Waals surface area (Å²) in [6, 6.07) is 0.119. The first kappa shape index (κ1) is 13.8. The van der Waals surface area contributed by atoms with Crippen molar-refractivity contribution in [1.29, 1.82) is 0 Å². The first-order chi connectivity index (χ1) is 8.43. The Morgan fingerprint density at radius 3 is 2.67 bits per heavy atom. The highest BCUT2D eigenvalue weighted by atomic mass is 16.5. The van der Waals surface area contributed by atoms with Gasteiger partial charge in [-0.3, -0.25) is 4.79 Å². The van der Waals surface area contributed by atoms with Crippen LogP contribution < -0.4 is 11.1 Å². The maximum atomic E-state index is 12.4. The summed E-state index contributed by atoms with van der Waals surface area (Å²) in [5.74, 6) is 1.40. The van der Waals surface area contributed by atoms with Gasteiger partial charge in [0.05, 0.1) is 18.6 Å². The van der Waals surface area contributed by atoms with Crippen molar-refractivity contribution in [1.82, 2.24) is 5.32 Å². The van der Waals surface area contributed by atoms with E-state index in [1.165, 1.54) is 12.8 Å². The number of amides is 1. The number of carbonyl (C=O) groups is 1. The fourth-order valence-corrected chi connectivity index (χ4v) is 3.14. The number of nitrogens with two attached hydrogens (primary N) is 1. The lowest BCUT2D eigenvalue weighted by atomic mass is 9.78. The van der Waals surface area contributed by atoms with E-state index in [1.54, 1.807) is 0 Å². The number of ether oxygens (including phenoxy) is 1. The third kappa shape index (κ3) is 2.54. The zero-order valence-corrected chi connectivity index (χ0v) is 11.7. The van der Waals surface area contributed by atoms with Crippen LogP contribution >= 0.6 is 0 Å². The van der Waals surface area contributed by atoms with Crippen molar-refractivity contribution in [2.75, 3.05) is 13.2 Å². The van der Waals surface area contributed by atoms with Crippen LogP contribution in [0.25, 0.3) is 0 Å². The molecule has 0 spiro atoms. The van der Waals surface area contributed by atoms with Crippen LogP contribution in [0.1, 0.15) is 40.0 Å². The van der Waals surface area contributed by atoms with Crippen LogP contribution in [0.5, 0.6) is 0 Å². The molecule has 5 unspecified atom stereocenters. The second-order valence-corrected chi connectivity index (χ2v) is 6.51. The number of hydrogen-bond donors (Lipinski definition) is 2. The highest BCUT2D eigenvalue weighted by molar-refractivity contribution is 5.83. The minimum absolute atomic E-state index is 0.0684. The lowest BCUT2D eigenvalue weighted by Crippen LogP contribution is -2.54. The second kappa shape index (κ2) is 5.17. The number of hydrogen-bond acceptors (Lipinski definition) is 3. The lowest BCUT2D eigenvalue weighted by Gasteiger charge is -2.36. The molecule has 1 aliphatic heterocycles. The standard InChI is InChI=1S/C14H26N2O2/c1-9-4-5-11(10(2)6-9)16-13(17)14(3)8-18-7-12(14)15/h9-12H,4-8,15H2,1-3H3,(H,16,17). The van der Waals surface area contributed by atoms with Gasteiger partial charge in [0, 0.05) is 12.1 Å². The molecule has 0 aromatic carbocycles. The van der Waals surface area contributed by atoms with E-state index in [4.69, 9.17) is 10.5 Å². The summed E-state index contributed by atoms with van der Waals surface area (Å²) in [6.07, 6.45) is 3.49. The summed E-state index contributed by atoms with van der Waals surface area (Å²) in [4.78, 5) is 12.4. The molecule has 0 aromatic rings. The molecule has 4 nitrogen and oxygen atoms in total. The van der Waals surface area contributed by atoms with E-state index in [1.807, 2.05) is 6.92 Å². The van der Waals surface area contributed by atoms with Gasteiger partial charge in [-0.2, -0.15) is 0 Å². The molecule has 1 saturated carbocycles. The van der Waals surface area contributed by atoms with Crippen LogP contribution in [0, 0.1) is 17.3 Å². The lowest BCUT2D eigenvalue weighted by molar-refractivity contribution is -0.132. The highest BCUT2D eigenvalue weighted by Crippen LogP contribution is 2.31. The largest absolute Gasteiger partial charge is 0.379 e. The third-order valence-electron chi connectivity index (χ3n) is 4.78. The van der Waals surface area contributed by atoms with E-state index in [0.717, 1.165) is 12.3 Å². The van der Waals surface area contributed by atoms with Gasteiger partial charge in [0.1, 0.15) is 0 Å². The summed E-state index contributed by atoms with van der Waals surface area (Å²) in [5, 5.41) is 3.20. The van der Waals surface area contributed by atoms with Gasteiger partial charge in [-0.15, -0.1) is 0 Å². The van der Waals surface area contributed by atoms with E-state index < -0.39 is 5.41 Å². The average molecular weight is 254 g/mol. The maximum absolute atomic E-state index is 12.4. The van der Waals surface area contributed by atoms with Crippen molar-refractivity contribution in [3.63, 3.8) is 0 Å². The highest BCUT2D eigenvalue weighted by Gasteiger charge is 2.45. The van der Waals surface area contributed by atoms with Gasteiger partial charge in [0.15, 0.2) is 0 Å². The molecule has 2 aliphatic rings. The maximum Gasteiger partial charge on any atom is 0.230 e. The van der Waals surface area contributed by atoms with Gasteiger partial charge >= 0.3 is 0 Å². The average Bonchev–Trinajstić information content (AvgIpc) is 2.64. The van der Waals surface area contributed by atoms with Gasteiger partial charge in [0.25, 0.3) is 0 Å². The summed E-state index contributed by atoms with van der Waals surface area (Å²) >= 11 is 0. The van der Waals surface area contributed by atoms with E-state index in [2.05, 4.69) is 19.2 Å². The molecule has 104 valence electrons. The number of nitrogens with one attached hydrogen (secondary N) is 1. The van der Waals surface area contributed by atoms with E-state index in [9.17, 15) is 4.79 Å². The third-order valence-corrected chi connectivity index (χ3v) is 4.78. The van der Waals surface area contributed by atoms with Crippen LogP contribution in [0.2, 0.25) is 0 Å². The Morgan fingerprint density at radius 1 is 1.39 bits per heavy atom. The van der Waals surface area contributed by atoms with Crippen LogP contribution in [0.4, 0.5) is 0 Å². The normalized spacial score (nSPS) is 44.9. The smallest absolute Gasteiger partial charge is 0.230 e. The van der Waals surface area contributed by atoms with Gasteiger partial charge in [-0.05, 0) is 38.0 Å². The molecule has 0 bridgehead atoms. The van der Waals surface area contributed by atoms with E-state index >= 15 is 0 Å². The molecule has 18 heavy (non-hydrogen) atoms. The zero-order valence-electron chi connectivity index (χ0n) is 11.7. The molecule has 2 rings (SSSR count). The number of carbonyl (C=O) groups excluding carboxylic acids is 1. The Bertz CT molecular complexity index is 321. The quantitative estimate of drug-likeness (QED) is 0.780. The van der Waals surface area contributed by atoms with Crippen LogP contribution in [0.15, 0.2) is 0 Å². The zero-order chi connectivity index (χ0) is 13.3. The molecule has 0 radical (unpaired) electrons. The Labute approximate surface area is 110 Å². The molecule has 2 fully saturated rings. The van der Waals surface area contributed by atoms with Crippen molar-refractivity contribution < 1.29 is 9.53 Å². The molecular weight excluding hydrogens is 228 g/mol. The van der Waals surface area contributed by atoms with Crippen molar-refractivity contribution in [3.05, 3.63) is 0 Å². The minimum Gasteiger partial charge on any atom is -0.379 e. The Balaban J connectivity index is 1.95. The fraction of sp³-hybridized carbons (Fsp3) is 0.929. The van der Waals surface area contributed by atoms with Crippen molar-refractivity contribution in [2.24, 2.45) is 23.0 Å². The molecule has 1 amide bonds. The molecular formula is C14H26N2O2. The first-order valence-corrected chi connectivity index (χ1v) is 7.07. The summed E-state index contributed by atoms with van der Waals surface area (Å²) in [7, 11) is 0. The monoisotopic (exact) mass is 254 g/mol. The van der Waals surface area contributed by atoms with Gasteiger partial charge in [-0.25, -0.2) is 0 Å². The predicted molar refractivity (Wildman–Crippen MR) is 71.0 cm³/mol. The van der Waals surface area contributed by atoms with Gasteiger partial charge < -0.3 is 15.8 Å². The summed E-state index contributed by atoms with van der Waals surface area (Å²) < 4.78 is 5.34. The van der Waals surface area contributed by atoms with Crippen molar-refractivity contribution in [3.8, 4) is 0 Å². The van der Waals surface area contributed by atoms with Crippen LogP contribution in [-0.4, -0.2) is 31.2 Å². The minimum atomic E-state index is -0.553. The molecule has 3 N–H and O–H groups in total. The molecule has 1 aliphatic carbocycles. The molecule has 4 heteroatoms. The van der Waals surface area contributed by atoms with E-state index in [-0.39, 0.29) is 11.9 Å². The predicted octanol–water partition coefficient (Wildman–Crippen LogP) is 1.29.